The molecule has 0 saturated heterocycles. The van der Waals surface area contributed by atoms with Crippen LogP contribution < -0.4 is 18.9 Å². The molecule has 17 nitrogen and oxygen atoms in total. The SMILES string of the molecule is CCCCC(Oc1ccc(-c2nc(-c3ccc(OC(CCCC)C(=O)OC)cc3O)nc(-c3ccc(OC(CCCC)C(=O)OC)cc3OC(CCCC)C(=O)OC)n2)c(O)c1)C(=O)OC. The van der Waals surface area contributed by atoms with Crippen LogP contribution in [0.4, 0.5) is 0 Å². The number of unbranched alkanes of at least 4 members (excludes halogenated alkanes) is 4. The Morgan fingerprint density at radius 1 is 0.439 bits per heavy atom. The van der Waals surface area contributed by atoms with Crippen LogP contribution in [0.15, 0.2) is 54.6 Å². The van der Waals surface area contributed by atoms with E-state index < -0.39 is 48.3 Å². The number of benzene rings is 3. The van der Waals surface area contributed by atoms with Crippen molar-refractivity contribution in [3.05, 3.63) is 54.6 Å². The maximum atomic E-state index is 13.1. The van der Waals surface area contributed by atoms with E-state index in [1.807, 2.05) is 27.7 Å². The van der Waals surface area contributed by atoms with Crippen molar-refractivity contribution in [2.45, 2.75) is 129 Å². The molecule has 0 saturated carbocycles. The van der Waals surface area contributed by atoms with E-state index in [-0.39, 0.29) is 68.7 Å². The molecule has 4 aromatic rings. The smallest absolute Gasteiger partial charge is 0.347 e. The van der Waals surface area contributed by atoms with Crippen molar-refractivity contribution in [1.29, 1.82) is 0 Å². The maximum Gasteiger partial charge on any atom is 0.347 e. The number of aromatic hydroxyl groups is 2. The summed E-state index contributed by atoms with van der Waals surface area (Å²) in [5.41, 5.74) is 0.496. The molecule has 0 bridgehead atoms. The number of hydrogen-bond acceptors (Lipinski definition) is 17. The van der Waals surface area contributed by atoms with Crippen LogP contribution in [0, 0.1) is 0 Å². The van der Waals surface area contributed by atoms with E-state index in [0.29, 0.717) is 51.4 Å². The highest BCUT2D eigenvalue weighted by molar-refractivity contribution is 5.79. The Kier molecular flexibility index (Phi) is 20.7. The van der Waals surface area contributed by atoms with E-state index in [9.17, 15) is 29.4 Å². The number of nitrogens with zero attached hydrogens (tertiary/aromatic N) is 3. The summed E-state index contributed by atoms with van der Waals surface area (Å²) in [6.45, 7) is 7.93. The third-order valence-electron chi connectivity index (χ3n) is 10.5. The lowest BCUT2D eigenvalue weighted by Gasteiger charge is -2.21. The van der Waals surface area contributed by atoms with Gasteiger partial charge < -0.3 is 48.1 Å². The highest BCUT2D eigenvalue weighted by Gasteiger charge is 2.28. The molecule has 2 N–H and O–H groups in total. The summed E-state index contributed by atoms with van der Waals surface area (Å²) < 4.78 is 44.5. The lowest BCUT2D eigenvalue weighted by molar-refractivity contribution is -0.150. The van der Waals surface area contributed by atoms with Gasteiger partial charge in [0.25, 0.3) is 0 Å². The minimum absolute atomic E-state index is 0.0127. The van der Waals surface area contributed by atoms with Crippen LogP contribution in [0.25, 0.3) is 34.2 Å². The lowest BCUT2D eigenvalue weighted by Crippen LogP contribution is -2.29. The number of carbonyl (C=O) groups is 4. The predicted octanol–water partition coefficient (Wildman–Crippen LogP) is 8.73. The Bertz CT molecular complexity index is 2140. The number of carbonyl (C=O) groups excluding carboxylic acids is 4. The van der Waals surface area contributed by atoms with Crippen LogP contribution in [0.2, 0.25) is 0 Å². The van der Waals surface area contributed by atoms with Crippen LogP contribution in [0.5, 0.6) is 34.5 Å². The van der Waals surface area contributed by atoms with Crippen molar-refractivity contribution < 1.29 is 67.3 Å². The second-order valence-corrected chi connectivity index (χ2v) is 15.4. The number of phenolic OH excluding ortho intramolecular Hbond substituents is 2. The Balaban J connectivity index is 1.95. The Morgan fingerprint density at radius 3 is 1.03 bits per heavy atom. The van der Waals surface area contributed by atoms with E-state index >= 15 is 0 Å². The zero-order chi connectivity index (χ0) is 48.2. The largest absolute Gasteiger partial charge is 0.507 e. The highest BCUT2D eigenvalue weighted by atomic mass is 16.6. The van der Waals surface area contributed by atoms with Crippen LogP contribution >= 0.6 is 0 Å². The molecule has 358 valence electrons. The second kappa shape index (κ2) is 26.3. The van der Waals surface area contributed by atoms with E-state index in [4.69, 9.17) is 52.8 Å². The first-order chi connectivity index (χ1) is 31.8. The van der Waals surface area contributed by atoms with Gasteiger partial charge in [-0.15, -0.1) is 0 Å². The van der Waals surface area contributed by atoms with Gasteiger partial charge in [-0.2, -0.15) is 0 Å². The van der Waals surface area contributed by atoms with Gasteiger partial charge in [0.05, 0.1) is 45.1 Å². The molecule has 0 fully saturated rings. The van der Waals surface area contributed by atoms with Gasteiger partial charge in [-0.1, -0.05) is 53.4 Å². The summed E-state index contributed by atoms with van der Waals surface area (Å²) in [7, 11) is 5.09. The summed E-state index contributed by atoms with van der Waals surface area (Å²) >= 11 is 0. The Hall–Kier alpha value is -6.65. The molecule has 1 aromatic heterocycles. The van der Waals surface area contributed by atoms with Crippen LogP contribution in [-0.2, 0) is 38.1 Å². The number of aromatic nitrogens is 3. The normalized spacial score (nSPS) is 12.8. The molecule has 4 rings (SSSR count). The van der Waals surface area contributed by atoms with Gasteiger partial charge in [-0.25, -0.2) is 34.1 Å². The molecular weight excluding hydrogens is 855 g/mol. The molecule has 0 spiro atoms. The van der Waals surface area contributed by atoms with Crippen molar-refractivity contribution in [2.75, 3.05) is 28.4 Å². The summed E-state index contributed by atoms with van der Waals surface area (Å²) in [4.78, 5) is 65.2. The molecule has 3 aromatic carbocycles. The number of hydrogen-bond donors (Lipinski definition) is 2. The number of methoxy groups -OCH3 is 4. The molecule has 4 atom stereocenters. The van der Waals surface area contributed by atoms with Crippen LogP contribution in [0.3, 0.4) is 0 Å². The topological polar surface area (TPSA) is 221 Å². The van der Waals surface area contributed by atoms with Crippen LogP contribution in [-0.4, -0.2) is 102 Å². The molecule has 0 amide bonds. The standard InChI is InChI=1S/C49H63N3O14/c1-9-13-17-38(46(55)59-5)63-30-21-24-33(36(53)27-30)43-50-44(34-25-22-31(28-37(34)54)64-39(18-14-10-2)47(56)60-6)52-45(51-43)35-26-23-32(65-40(19-15-11-3)48(57)61-7)29-42(35)66-41(20-16-12-4)49(58)62-8/h21-29,38-41,53-54H,9-20H2,1-8H3. The van der Waals surface area contributed by atoms with Gasteiger partial charge in [-0.05, 0) is 87.8 Å². The molecule has 0 aliphatic carbocycles. The van der Waals surface area contributed by atoms with Gasteiger partial charge in [0.15, 0.2) is 41.9 Å². The fraction of sp³-hybridized carbons (Fsp3) is 0.490. The quantitative estimate of drug-likeness (QED) is 0.0422. The van der Waals surface area contributed by atoms with Crippen molar-refractivity contribution in [3.63, 3.8) is 0 Å². The average molecular weight is 918 g/mol. The number of phenols is 2. The first-order valence-electron chi connectivity index (χ1n) is 22.4. The van der Waals surface area contributed by atoms with Gasteiger partial charge >= 0.3 is 23.9 Å². The van der Waals surface area contributed by atoms with Crippen molar-refractivity contribution >= 4 is 23.9 Å². The molecule has 4 unspecified atom stereocenters. The summed E-state index contributed by atoms with van der Waals surface area (Å²) in [6.07, 6.45) is 3.59. The number of ether oxygens (including phenoxy) is 8. The van der Waals surface area contributed by atoms with Gasteiger partial charge in [0.1, 0.15) is 34.5 Å². The highest BCUT2D eigenvalue weighted by Crippen LogP contribution is 2.39. The molecular formula is C49H63N3O14. The maximum absolute atomic E-state index is 13.1. The third-order valence-corrected chi connectivity index (χ3v) is 10.5. The fourth-order valence-corrected chi connectivity index (χ4v) is 6.77. The molecule has 66 heavy (non-hydrogen) atoms. The fourth-order valence-electron chi connectivity index (χ4n) is 6.77. The minimum atomic E-state index is -1.06. The number of esters is 4. The molecule has 0 aliphatic heterocycles. The van der Waals surface area contributed by atoms with Crippen LogP contribution in [0.1, 0.15) is 105 Å². The predicted molar refractivity (Wildman–Crippen MR) is 243 cm³/mol. The Morgan fingerprint density at radius 2 is 0.727 bits per heavy atom. The van der Waals surface area contributed by atoms with Crippen molar-refractivity contribution in [2.24, 2.45) is 0 Å². The van der Waals surface area contributed by atoms with Gasteiger partial charge in [0.2, 0.25) is 0 Å². The second-order valence-electron chi connectivity index (χ2n) is 15.4. The zero-order valence-electron chi connectivity index (χ0n) is 39.1. The monoisotopic (exact) mass is 917 g/mol. The van der Waals surface area contributed by atoms with E-state index in [1.54, 1.807) is 24.3 Å². The summed E-state index contributed by atoms with van der Waals surface area (Å²) in [5.74, 6) is -2.35. The summed E-state index contributed by atoms with van der Waals surface area (Å²) in [5, 5.41) is 23.0. The zero-order valence-corrected chi connectivity index (χ0v) is 39.1. The number of rotatable bonds is 27. The molecule has 0 aliphatic rings. The van der Waals surface area contributed by atoms with E-state index in [2.05, 4.69) is 0 Å². The Labute approximate surface area is 386 Å². The minimum Gasteiger partial charge on any atom is -0.507 e. The summed E-state index contributed by atoms with van der Waals surface area (Å²) in [6, 6.07) is 13.5. The average Bonchev–Trinajstić information content (AvgIpc) is 3.33. The first-order valence-corrected chi connectivity index (χ1v) is 22.4. The lowest BCUT2D eigenvalue weighted by atomic mass is 10.1. The third kappa shape index (κ3) is 14.4. The molecule has 17 heteroatoms. The van der Waals surface area contributed by atoms with Crippen molar-refractivity contribution in [1.82, 2.24) is 15.0 Å². The van der Waals surface area contributed by atoms with Gasteiger partial charge in [-0.3, -0.25) is 0 Å². The van der Waals surface area contributed by atoms with E-state index in [0.717, 1.165) is 25.7 Å². The van der Waals surface area contributed by atoms with Crippen molar-refractivity contribution in [3.8, 4) is 68.7 Å². The first kappa shape index (κ1) is 52.0. The molecule has 0 radical (unpaired) electrons. The molecule has 1 heterocycles. The van der Waals surface area contributed by atoms with E-state index in [1.165, 1.54) is 58.8 Å². The van der Waals surface area contributed by atoms with Gasteiger partial charge in [0, 0.05) is 18.2 Å².